The molecule has 9 heteroatoms. The summed E-state index contributed by atoms with van der Waals surface area (Å²) in [6.07, 6.45) is 3.34. The van der Waals surface area contributed by atoms with E-state index >= 15 is 0 Å². The second kappa shape index (κ2) is 6.91. The van der Waals surface area contributed by atoms with Crippen LogP contribution < -0.4 is 11.1 Å². The van der Waals surface area contributed by atoms with Gasteiger partial charge in [0.2, 0.25) is 10.0 Å². The first kappa shape index (κ1) is 17.9. The normalized spacial score (nSPS) is 18.8. The number of nitrogens with zero attached hydrogens (tertiary/aromatic N) is 3. The van der Waals surface area contributed by atoms with Gasteiger partial charge in [-0.25, -0.2) is 13.2 Å². The molecule has 1 aliphatic heterocycles. The van der Waals surface area contributed by atoms with E-state index in [0.717, 1.165) is 5.56 Å². The minimum absolute atomic E-state index is 0.114. The number of pyridine rings is 1. The Hall–Kier alpha value is -2.49. The summed E-state index contributed by atoms with van der Waals surface area (Å²) in [6, 6.07) is 7.90. The van der Waals surface area contributed by atoms with Crippen LogP contribution in [0.4, 0.5) is 0 Å². The smallest absolute Gasteiger partial charge is 0.408 e. The Morgan fingerprint density at radius 2 is 2.19 bits per heavy atom. The van der Waals surface area contributed by atoms with Gasteiger partial charge in [-0.05, 0) is 30.7 Å². The third kappa shape index (κ3) is 3.07. The molecule has 1 saturated heterocycles. The predicted octanol–water partition coefficient (Wildman–Crippen LogP) is 1.34. The van der Waals surface area contributed by atoms with Crippen molar-refractivity contribution >= 4 is 21.1 Å². The molecule has 2 aromatic heterocycles. The molecule has 0 spiro atoms. The van der Waals surface area contributed by atoms with Gasteiger partial charge in [0.05, 0.1) is 16.5 Å². The summed E-state index contributed by atoms with van der Waals surface area (Å²) in [5.74, 6) is -0.488. The first-order chi connectivity index (χ1) is 13.0. The zero-order valence-corrected chi connectivity index (χ0v) is 15.6. The highest BCUT2D eigenvalue weighted by Gasteiger charge is 2.34. The zero-order valence-electron chi connectivity index (χ0n) is 14.8. The van der Waals surface area contributed by atoms with Crippen molar-refractivity contribution in [3.63, 3.8) is 0 Å². The number of rotatable bonds is 4. The Labute approximate surface area is 156 Å². The largest absolute Gasteiger partial charge is 0.419 e. The van der Waals surface area contributed by atoms with Crippen LogP contribution in [0.2, 0.25) is 0 Å². The fourth-order valence-corrected chi connectivity index (χ4v) is 5.10. The van der Waals surface area contributed by atoms with Crippen molar-refractivity contribution in [2.45, 2.75) is 24.4 Å². The minimum atomic E-state index is -3.77. The molecule has 0 saturated carbocycles. The molecule has 0 amide bonds. The number of hydrogen-bond acceptors (Lipinski definition) is 6. The van der Waals surface area contributed by atoms with Gasteiger partial charge in [-0.15, -0.1) is 0 Å². The Kier molecular flexibility index (Phi) is 4.58. The monoisotopic (exact) mass is 388 g/mol. The molecule has 3 heterocycles. The molecule has 0 aliphatic carbocycles. The van der Waals surface area contributed by atoms with Crippen LogP contribution in [0.3, 0.4) is 0 Å². The van der Waals surface area contributed by atoms with Crippen LogP contribution in [0.15, 0.2) is 56.8 Å². The minimum Gasteiger partial charge on any atom is -0.408 e. The number of nitrogens with one attached hydrogen (secondary N) is 1. The number of fused-ring (bicyclic) bond motifs is 1. The average Bonchev–Trinajstić information content (AvgIpc) is 3.02. The summed E-state index contributed by atoms with van der Waals surface area (Å²) in [5.41, 5.74) is 1.69. The molecule has 27 heavy (non-hydrogen) atoms. The first-order valence-electron chi connectivity index (χ1n) is 8.78. The molecule has 1 aliphatic rings. The molecular formula is C18H20N4O4S. The lowest BCUT2D eigenvalue weighted by atomic mass is 10.1. The number of oxazole rings is 1. The molecule has 4 rings (SSSR count). The van der Waals surface area contributed by atoms with Gasteiger partial charge in [0.15, 0.2) is 5.58 Å². The van der Waals surface area contributed by atoms with Crippen molar-refractivity contribution in [2.24, 2.45) is 0 Å². The topological polar surface area (TPSA) is 97.4 Å². The van der Waals surface area contributed by atoms with Crippen LogP contribution in [0.5, 0.6) is 0 Å². The maximum atomic E-state index is 13.3. The van der Waals surface area contributed by atoms with Crippen LogP contribution in [0.1, 0.15) is 18.5 Å². The summed E-state index contributed by atoms with van der Waals surface area (Å²) >= 11 is 0. The molecule has 3 aromatic rings. The fourth-order valence-electron chi connectivity index (χ4n) is 3.47. The molecule has 8 nitrogen and oxygen atoms in total. The van der Waals surface area contributed by atoms with Crippen LogP contribution in [-0.2, 0) is 16.6 Å². The molecule has 1 atom stereocenters. The van der Waals surface area contributed by atoms with Crippen molar-refractivity contribution < 1.29 is 12.8 Å². The SMILES string of the molecule is CCn1c(=O)oc2cc(S(=O)(=O)N3CCNCC3c3cccnc3)ccc21. The quantitative estimate of drug-likeness (QED) is 0.724. The highest BCUT2D eigenvalue weighted by Crippen LogP contribution is 2.29. The summed E-state index contributed by atoms with van der Waals surface area (Å²) in [6.45, 7) is 3.72. The van der Waals surface area contributed by atoms with Gasteiger partial charge in [-0.2, -0.15) is 4.31 Å². The van der Waals surface area contributed by atoms with Crippen molar-refractivity contribution in [2.75, 3.05) is 19.6 Å². The maximum Gasteiger partial charge on any atom is 0.419 e. The van der Waals surface area contributed by atoms with E-state index in [1.54, 1.807) is 24.5 Å². The van der Waals surface area contributed by atoms with E-state index in [1.165, 1.54) is 21.0 Å². The van der Waals surface area contributed by atoms with E-state index in [1.807, 2.05) is 13.0 Å². The molecule has 1 N–H and O–H groups in total. The van der Waals surface area contributed by atoms with Crippen molar-refractivity contribution in [1.29, 1.82) is 0 Å². The summed E-state index contributed by atoms with van der Waals surface area (Å²) in [7, 11) is -3.77. The summed E-state index contributed by atoms with van der Waals surface area (Å²) in [4.78, 5) is 16.1. The lowest BCUT2D eigenvalue weighted by Gasteiger charge is -2.35. The third-order valence-corrected chi connectivity index (χ3v) is 6.73. The van der Waals surface area contributed by atoms with Crippen LogP contribution in [0, 0.1) is 0 Å². The highest BCUT2D eigenvalue weighted by molar-refractivity contribution is 7.89. The number of hydrogen-bond donors (Lipinski definition) is 1. The van der Waals surface area contributed by atoms with Crippen molar-refractivity contribution in [3.8, 4) is 0 Å². The number of sulfonamides is 1. The molecule has 142 valence electrons. The van der Waals surface area contributed by atoms with Crippen LogP contribution >= 0.6 is 0 Å². The van der Waals surface area contributed by atoms with Crippen molar-refractivity contribution in [1.82, 2.24) is 19.2 Å². The van der Waals surface area contributed by atoms with Gasteiger partial charge in [0.25, 0.3) is 0 Å². The zero-order chi connectivity index (χ0) is 19.0. The van der Waals surface area contributed by atoms with Gasteiger partial charge in [-0.3, -0.25) is 9.55 Å². The number of aryl methyl sites for hydroxylation is 1. The van der Waals surface area contributed by atoms with Crippen LogP contribution in [0.25, 0.3) is 11.1 Å². The van der Waals surface area contributed by atoms with E-state index in [4.69, 9.17) is 4.42 Å². The van der Waals surface area contributed by atoms with Gasteiger partial charge in [0.1, 0.15) is 0 Å². The van der Waals surface area contributed by atoms with Gasteiger partial charge in [-0.1, -0.05) is 6.07 Å². The molecule has 0 radical (unpaired) electrons. The van der Waals surface area contributed by atoms with E-state index in [-0.39, 0.29) is 16.5 Å². The Bertz CT molecular complexity index is 1120. The Morgan fingerprint density at radius 3 is 2.93 bits per heavy atom. The first-order valence-corrected chi connectivity index (χ1v) is 10.2. The number of piperazine rings is 1. The van der Waals surface area contributed by atoms with E-state index in [9.17, 15) is 13.2 Å². The highest BCUT2D eigenvalue weighted by atomic mass is 32.2. The van der Waals surface area contributed by atoms with Gasteiger partial charge in [0, 0.05) is 44.6 Å². The van der Waals surface area contributed by atoms with E-state index < -0.39 is 15.8 Å². The number of aromatic nitrogens is 2. The lowest BCUT2D eigenvalue weighted by Crippen LogP contribution is -2.48. The second-order valence-corrected chi connectivity index (χ2v) is 8.25. The predicted molar refractivity (Wildman–Crippen MR) is 99.9 cm³/mol. The van der Waals surface area contributed by atoms with E-state index in [0.29, 0.717) is 31.7 Å². The van der Waals surface area contributed by atoms with Crippen LogP contribution in [-0.4, -0.2) is 41.9 Å². The Morgan fingerprint density at radius 1 is 1.33 bits per heavy atom. The Balaban J connectivity index is 1.77. The fraction of sp³-hybridized carbons (Fsp3) is 0.333. The average molecular weight is 388 g/mol. The molecule has 0 bridgehead atoms. The van der Waals surface area contributed by atoms with E-state index in [2.05, 4.69) is 10.3 Å². The second-order valence-electron chi connectivity index (χ2n) is 6.36. The molecule has 1 aromatic carbocycles. The van der Waals surface area contributed by atoms with Gasteiger partial charge < -0.3 is 9.73 Å². The lowest BCUT2D eigenvalue weighted by molar-refractivity contribution is 0.271. The summed E-state index contributed by atoms with van der Waals surface area (Å²) < 4.78 is 34.8. The third-order valence-electron chi connectivity index (χ3n) is 4.83. The molecule has 1 fully saturated rings. The molecule has 1 unspecified atom stereocenters. The summed E-state index contributed by atoms with van der Waals surface area (Å²) in [5, 5.41) is 3.24. The van der Waals surface area contributed by atoms with Gasteiger partial charge >= 0.3 is 5.76 Å². The maximum absolute atomic E-state index is 13.3. The standard InChI is InChI=1S/C18H20N4O4S/c1-2-21-15-6-5-14(10-17(15)26-18(21)23)27(24,25)22-9-8-20-12-16(22)13-4-3-7-19-11-13/h3-7,10-11,16,20H,2,8-9,12H2,1H3. The van der Waals surface area contributed by atoms with Crippen molar-refractivity contribution in [3.05, 3.63) is 58.8 Å². The number of benzene rings is 1. The molecular weight excluding hydrogens is 368 g/mol.